The molecule has 0 spiro atoms. The van der Waals surface area contributed by atoms with E-state index in [-0.39, 0.29) is 5.91 Å². The maximum Gasteiger partial charge on any atom is 0.233 e. The van der Waals surface area contributed by atoms with Gasteiger partial charge in [-0.05, 0) is 44.6 Å². The Balaban J connectivity index is 1.33. The summed E-state index contributed by atoms with van der Waals surface area (Å²) in [5, 5.41) is 6.07. The minimum absolute atomic E-state index is 0.0831. The van der Waals surface area contributed by atoms with E-state index >= 15 is 0 Å². The molecule has 5 nitrogen and oxygen atoms in total. The first-order valence-electron chi connectivity index (χ1n) is 7.51. The Hall–Kier alpha value is -0.650. The largest absolute Gasteiger partial charge is 0.379 e. The van der Waals surface area contributed by atoms with Crippen LogP contribution < -0.4 is 10.6 Å². The van der Waals surface area contributed by atoms with Gasteiger partial charge in [0, 0.05) is 19.8 Å². The van der Waals surface area contributed by atoms with Gasteiger partial charge in [0.1, 0.15) is 0 Å². The number of carbonyl (C=O) groups is 1. The number of carbonyl (C=O) groups excluding carboxylic acids is 1. The zero-order valence-corrected chi connectivity index (χ0v) is 11.7. The van der Waals surface area contributed by atoms with Crippen molar-refractivity contribution in [2.45, 2.75) is 38.2 Å². The number of rotatable bonds is 10. The minimum atomic E-state index is 0.0831. The highest BCUT2D eigenvalue weighted by Crippen LogP contribution is 2.27. The molecule has 1 saturated carbocycles. The predicted octanol–water partition coefficient (Wildman–Crippen LogP) is 0.688. The molecule has 0 bridgehead atoms. The molecule has 1 heterocycles. The third-order valence-corrected chi connectivity index (χ3v) is 3.53. The lowest BCUT2D eigenvalue weighted by atomic mass is 10.2. The Labute approximate surface area is 115 Å². The van der Waals surface area contributed by atoms with Crippen LogP contribution in [0, 0.1) is 5.92 Å². The standard InChI is InChI=1S/C14H26N2O3/c17-14(10-15-9-12-4-5-12)16-6-2-7-18-11-13-3-1-8-19-13/h12-13,15H,1-11H2,(H,16,17). The minimum Gasteiger partial charge on any atom is -0.379 e. The lowest BCUT2D eigenvalue weighted by Gasteiger charge is -2.10. The summed E-state index contributed by atoms with van der Waals surface area (Å²) in [5.41, 5.74) is 0. The molecule has 0 aromatic carbocycles. The molecule has 0 aromatic heterocycles. The van der Waals surface area contributed by atoms with Crippen molar-refractivity contribution in [2.75, 3.05) is 39.5 Å². The molecular formula is C14H26N2O3. The van der Waals surface area contributed by atoms with E-state index in [0.29, 0.717) is 32.4 Å². The van der Waals surface area contributed by atoms with Crippen molar-refractivity contribution < 1.29 is 14.3 Å². The van der Waals surface area contributed by atoms with Crippen LogP contribution in [0.5, 0.6) is 0 Å². The molecule has 2 aliphatic rings. The summed E-state index contributed by atoms with van der Waals surface area (Å²) in [6.45, 7) is 4.37. The number of amides is 1. The van der Waals surface area contributed by atoms with Crippen LogP contribution >= 0.6 is 0 Å². The van der Waals surface area contributed by atoms with Gasteiger partial charge in [-0.15, -0.1) is 0 Å². The first-order chi connectivity index (χ1) is 9.34. The fourth-order valence-corrected chi connectivity index (χ4v) is 2.17. The third-order valence-electron chi connectivity index (χ3n) is 3.53. The van der Waals surface area contributed by atoms with Crippen LogP contribution in [-0.2, 0) is 14.3 Å². The Bertz CT molecular complexity index is 263. The molecule has 110 valence electrons. The molecule has 5 heteroatoms. The van der Waals surface area contributed by atoms with E-state index in [1.807, 2.05) is 0 Å². The van der Waals surface area contributed by atoms with Crippen molar-refractivity contribution in [2.24, 2.45) is 5.92 Å². The Morgan fingerprint density at radius 1 is 1.32 bits per heavy atom. The average molecular weight is 270 g/mol. The van der Waals surface area contributed by atoms with E-state index in [1.165, 1.54) is 12.8 Å². The van der Waals surface area contributed by atoms with Crippen LogP contribution in [0.2, 0.25) is 0 Å². The summed E-state index contributed by atoms with van der Waals surface area (Å²) < 4.78 is 11.0. The zero-order valence-electron chi connectivity index (χ0n) is 11.7. The normalized spacial score (nSPS) is 22.6. The molecular weight excluding hydrogens is 244 g/mol. The van der Waals surface area contributed by atoms with Crippen molar-refractivity contribution >= 4 is 5.91 Å². The fourth-order valence-electron chi connectivity index (χ4n) is 2.17. The molecule has 0 aromatic rings. The van der Waals surface area contributed by atoms with Gasteiger partial charge < -0.3 is 20.1 Å². The van der Waals surface area contributed by atoms with Gasteiger partial charge in [-0.2, -0.15) is 0 Å². The van der Waals surface area contributed by atoms with Gasteiger partial charge in [-0.25, -0.2) is 0 Å². The molecule has 1 aliphatic heterocycles. The molecule has 2 N–H and O–H groups in total. The third kappa shape index (κ3) is 6.89. The van der Waals surface area contributed by atoms with Gasteiger partial charge in [-0.3, -0.25) is 4.79 Å². The summed E-state index contributed by atoms with van der Waals surface area (Å²) in [5.74, 6) is 0.902. The SMILES string of the molecule is O=C(CNCC1CC1)NCCCOCC1CCCO1. The van der Waals surface area contributed by atoms with E-state index in [0.717, 1.165) is 38.3 Å². The van der Waals surface area contributed by atoms with Gasteiger partial charge in [0.2, 0.25) is 5.91 Å². The second-order valence-corrected chi connectivity index (χ2v) is 5.49. The van der Waals surface area contributed by atoms with Crippen LogP contribution in [0.25, 0.3) is 0 Å². The van der Waals surface area contributed by atoms with Crippen molar-refractivity contribution in [3.05, 3.63) is 0 Å². The molecule has 0 radical (unpaired) electrons. The molecule has 2 rings (SSSR count). The highest BCUT2D eigenvalue weighted by Gasteiger charge is 2.20. The number of hydrogen-bond acceptors (Lipinski definition) is 4. The number of nitrogens with one attached hydrogen (secondary N) is 2. The monoisotopic (exact) mass is 270 g/mol. The second kappa shape index (κ2) is 8.51. The zero-order chi connectivity index (χ0) is 13.3. The lowest BCUT2D eigenvalue weighted by Crippen LogP contribution is -2.35. The summed E-state index contributed by atoms with van der Waals surface area (Å²) in [4.78, 5) is 11.5. The molecule has 1 atom stereocenters. The van der Waals surface area contributed by atoms with Crippen molar-refractivity contribution in [1.82, 2.24) is 10.6 Å². The predicted molar refractivity (Wildman–Crippen MR) is 73.0 cm³/mol. The highest BCUT2D eigenvalue weighted by molar-refractivity contribution is 5.77. The van der Waals surface area contributed by atoms with Crippen molar-refractivity contribution in [3.63, 3.8) is 0 Å². The lowest BCUT2D eigenvalue weighted by molar-refractivity contribution is -0.120. The smallest absolute Gasteiger partial charge is 0.233 e. The second-order valence-electron chi connectivity index (χ2n) is 5.49. The van der Waals surface area contributed by atoms with Crippen LogP contribution in [0.15, 0.2) is 0 Å². The number of ether oxygens (including phenoxy) is 2. The molecule has 2 fully saturated rings. The Morgan fingerprint density at radius 2 is 2.21 bits per heavy atom. The Morgan fingerprint density at radius 3 is 2.95 bits per heavy atom. The number of hydrogen-bond donors (Lipinski definition) is 2. The fraction of sp³-hybridized carbons (Fsp3) is 0.929. The first-order valence-corrected chi connectivity index (χ1v) is 7.51. The van der Waals surface area contributed by atoms with Crippen molar-refractivity contribution in [3.8, 4) is 0 Å². The van der Waals surface area contributed by atoms with Crippen LogP contribution in [0.1, 0.15) is 32.1 Å². The van der Waals surface area contributed by atoms with Gasteiger partial charge in [0.15, 0.2) is 0 Å². The maximum atomic E-state index is 11.5. The van der Waals surface area contributed by atoms with Gasteiger partial charge in [0.25, 0.3) is 0 Å². The molecule has 1 saturated heterocycles. The maximum absolute atomic E-state index is 11.5. The average Bonchev–Trinajstić information content (AvgIpc) is 3.08. The van der Waals surface area contributed by atoms with Crippen LogP contribution in [0.3, 0.4) is 0 Å². The van der Waals surface area contributed by atoms with Gasteiger partial charge in [0.05, 0.1) is 19.3 Å². The summed E-state index contributed by atoms with van der Waals surface area (Å²) in [6, 6.07) is 0. The molecule has 1 aliphatic carbocycles. The Kier molecular flexibility index (Phi) is 6.61. The highest BCUT2D eigenvalue weighted by atomic mass is 16.5. The topological polar surface area (TPSA) is 59.6 Å². The quantitative estimate of drug-likeness (QED) is 0.573. The van der Waals surface area contributed by atoms with Gasteiger partial charge in [-0.1, -0.05) is 0 Å². The molecule has 1 amide bonds. The molecule has 1 unspecified atom stereocenters. The summed E-state index contributed by atoms with van der Waals surface area (Å²) in [6.07, 6.45) is 6.05. The van der Waals surface area contributed by atoms with E-state index in [4.69, 9.17) is 9.47 Å². The molecule has 19 heavy (non-hydrogen) atoms. The van der Waals surface area contributed by atoms with E-state index < -0.39 is 0 Å². The first kappa shape index (κ1) is 14.8. The summed E-state index contributed by atoms with van der Waals surface area (Å²) >= 11 is 0. The van der Waals surface area contributed by atoms with Crippen molar-refractivity contribution in [1.29, 1.82) is 0 Å². The van der Waals surface area contributed by atoms with Crippen LogP contribution in [0.4, 0.5) is 0 Å². The van der Waals surface area contributed by atoms with Gasteiger partial charge >= 0.3 is 0 Å². The van der Waals surface area contributed by atoms with E-state index in [1.54, 1.807) is 0 Å². The summed E-state index contributed by atoms with van der Waals surface area (Å²) in [7, 11) is 0. The van der Waals surface area contributed by atoms with Crippen LogP contribution in [-0.4, -0.2) is 51.5 Å². The van der Waals surface area contributed by atoms with E-state index in [2.05, 4.69) is 10.6 Å². The van der Waals surface area contributed by atoms with E-state index in [9.17, 15) is 4.79 Å².